The second-order valence-corrected chi connectivity index (χ2v) is 13.8. The molecule has 2 aliphatic rings. The van der Waals surface area contributed by atoms with Gasteiger partial charge in [-0.15, -0.1) is 0 Å². The number of sulfonamides is 1. The van der Waals surface area contributed by atoms with Crippen LogP contribution in [0.4, 0.5) is 0 Å². The molecule has 6 rings (SSSR count). The quantitative estimate of drug-likeness (QED) is 0.229. The normalized spacial score (nSPS) is 15.5. The number of allylic oxidation sites excluding steroid dienone is 4. The van der Waals surface area contributed by atoms with Crippen molar-refractivity contribution in [3.05, 3.63) is 101 Å². The fraction of sp³-hybridized carbons (Fsp3) is 0.281. The number of nitrogens with one attached hydrogen (secondary N) is 1. The van der Waals surface area contributed by atoms with E-state index in [4.69, 9.17) is 4.74 Å². The Bertz CT molecular complexity index is 1770. The maximum Gasteiger partial charge on any atom is 0.345 e. The highest BCUT2D eigenvalue weighted by Crippen LogP contribution is 2.42. The molecule has 0 saturated heterocycles. The van der Waals surface area contributed by atoms with Crippen LogP contribution in [0, 0.1) is 0 Å². The Balaban J connectivity index is 1.44. The fourth-order valence-electron chi connectivity index (χ4n) is 5.47. The standard InChI is InChI=1S/C32H32N2O4S/c1-32(2,3)39(36,37)33-19-21-16-29-27-12-11-22-8-4-5-10-25(22)26(27)13-14-28(29)30(17-21)38-31(35)23-18-24-9-6-7-15-34(24)20-23/h5-7,9-10,13-18,20,33H,4,8,11-12,19H2,1-3H3. The van der Waals surface area contributed by atoms with Crippen molar-refractivity contribution in [3.63, 3.8) is 0 Å². The van der Waals surface area contributed by atoms with Crippen molar-refractivity contribution < 1.29 is 17.9 Å². The Labute approximate surface area is 229 Å². The Kier molecular flexibility index (Phi) is 6.24. The summed E-state index contributed by atoms with van der Waals surface area (Å²) in [5.41, 5.74) is 7.31. The molecule has 39 heavy (non-hydrogen) atoms. The zero-order valence-electron chi connectivity index (χ0n) is 22.5. The van der Waals surface area contributed by atoms with Crippen molar-refractivity contribution in [1.29, 1.82) is 0 Å². The Hall–Kier alpha value is -3.68. The largest absolute Gasteiger partial charge is 0.422 e. The predicted octanol–water partition coefficient (Wildman–Crippen LogP) is 6.58. The van der Waals surface area contributed by atoms with Crippen LogP contribution in [0.3, 0.4) is 0 Å². The van der Waals surface area contributed by atoms with E-state index in [1.807, 2.05) is 40.9 Å². The van der Waals surface area contributed by atoms with Crippen LogP contribution in [0.5, 0.6) is 5.75 Å². The molecule has 1 N–H and O–H groups in total. The SMILES string of the molecule is CC(C)(C)S(=O)(=O)NCc1cc(OC(=O)c2cc3ccccn3c2)c2ccc3c(c2c1)CCC1=C3C=CCC1. The first-order valence-electron chi connectivity index (χ1n) is 13.4. The predicted molar refractivity (Wildman–Crippen MR) is 155 cm³/mol. The lowest BCUT2D eigenvalue weighted by atomic mass is 9.79. The molecule has 200 valence electrons. The van der Waals surface area contributed by atoms with E-state index in [-0.39, 0.29) is 6.54 Å². The molecule has 0 unspecified atom stereocenters. The zero-order chi connectivity index (χ0) is 27.4. The third-order valence-electron chi connectivity index (χ3n) is 7.73. The molecule has 0 radical (unpaired) electrons. The summed E-state index contributed by atoms with van der Waals surface area (Å²) in [5, 5.41) is 1.84. The van der Waals surface area contributed by atoms with E-state index in [1.165, 1.54) is 22.3 Å². The first-order chi connectivity index (χ1) is 18.6. The maximum absolute atomic E-state index is 13.3. The number of rotatable bonds is 5. The number of fused-ring (bicyclic) bond motifs is 5. The topological polar surface area (TPSA) is 76.9 Å². The van der Waals surface area contributed by atoms with Crippen LogP contribution in [0.15, 0.2) is 78.6 Å². The number of aromatic nitrogens is 1. The summed E-state index contributed by atoms with van der Waals surface area (Å²) in [6, 6.07) is 15.5. The molecule has 2 aromatic heterocycles. The average molecular weight is 541 g/mol. The molecule has 0 saturated carbocycles. The van der Waals surface area contributed by atoms with Crippen LogP contribution < -0.4 is 9.46 Å². The van der Waals surface area contributed by atoms with Gasteiger partial charge in [0.25, 0.3) is 0 Å². The average Bonchev–Trinajstić information content (AvgIpc) is 3.36. The van der Waals surface area contributed by atoms with Crippen LogP contribution in [0.1, 0.15) is 67.1 Å². The summed E-state index contributed by atoms with van der Waals surface area (Å²) in [5.74, 6) is -0.0233. The molecule has 0 fully saturated rings. The summed E-state index contributed by atoms with van der Waals surface area (Å²) in [4.78, 5) is 13.3. The van der Waals surface area contributed by atoms with Gasteiger partial charge in [-0.2, -0.15) is 0 Å². The third-order valence-corrected chi connectivity index (χ3v) is 9.87. The number of nitrogens with zero attached hydrogens (tertiary/aromatic N) is 1. The molecule has 0 aliphatic heterocycles. The van der Waals surface area contributed by atoms with Gasteiger partial charge >= 0.3 is 5.97 Å². The number of hydrogen-bond acceptors (Lipinski definition) is 4. The second-order valence-electron chi connectivity index (χ2n) is 11.3. The monoisotopic (exact) mass is 540 g/mol. The number of pyridine rings is 1. The summed E-state index contributed by atoms with van der Waals surface area (Å²) < 4.78 is 35.3. The van der Waals surface area contributed by atoms with Crippen LogP contribution in [0.2, 0.25) is 0 Å². The molecule has 2 aliphatic carbocycles. The molecule has 0 atom stereocenters. The minimum absolute atomic E-state index is 0.105. The van der Waals surface area contributed by atoms with Crippen molar-refractivity contribution in [2.24, 2.45) is 0 Å². The van der Waals surface area contributed by atoms with Gasteiger partial charge in [-0.25, -0.2) is 17.9 Å². The molecule has 0 amide bonds. The molecule has 6 nitrogen and oxygen atoms in total. The van der Waals surface area contributed by atoms with Crippen molar-refractivity contribution in [1.82, 2.24) is 9.12 Å². The maximum atomic E-state index is 13.3. The van der Waals surface area contributed by atoms with Crippen molar-refractivity contribution in [2.45, 2.75) is 57.7 Å². The van der Waals surface area contributed by atoms with E-state index in [0.717, 1.165) is 47.5 Å². The fourth-order valence-corrected chi connectivity index (χ4v) is 6.26. The second kappa shape index (κ2) is 9.50. The smallest absolute Gasteiger partial charge is 0.345 e. The van der Waals surface area contributed by atoms with E-state index in [1.54, 1.807) is 39.1 Å². The van der Waals surface area contributed by atoms with Gasteiger partial charge in [0.1, 0.15) is 5.75 Å². The highest BCUT2D eigenvalue weighted by molar-refractivity contribution is 7.90. The minimum Gasteiger partial charge on any atom is -0.422 e. The lowest BCUT2D eigenvalue weighted by Gasteiger charge is -2.26. The summed E-state index contributed by atoms with van der Waals surface area (Å²) in [6.45, 7) is 5.12. The summed E-state index contributed by atoms with van der Waals surface area (Å²) in [7, 11) is -3.55. The highest BCUT2D eigenvalue weighted by atomic mass is 32.2. The number of ether oxygens (including phenoxy) is 1. The van der Waals surface area contributed by atoms with E-state index >= 15 is 0 Å². The first kappa shape index (κ1) is 25.6. The first-order valence-corrected chi connectivity index (χ1v) is 14.8. The van der Waals surface area contributed by atoms with Gasteiger partial charge in [0, 0.05) is 29.8 Å². The minimum atomic E-state index is -3.55. The molecule has 0 spiro atoms. The van der Waals surface area contributed by atoms with E-state index in [0.29, 0.717) is 11.3 Å². The Morgan fingerprint density at radius 1 is 1.03 bits per heavy atom. The number of carbonyl (C=O) groups is 1. The van der Waals surface area contributed by atoms with Gasteiger partial charge in [-0.3, -0.25) is 0 Å². The summed E-state index contributed by atoms with van der Waals surface area (Å²) in [6.07, 6.45) is 12.2. The number of aryl methyl sites for hydroxylation is 1. The van der Waals surface area contributed by atoms with Crippen molar-refractivity contribution in [3.8, 4) is 5.75 Å². The molecule has 0 bridgehead atoms. The van der Waals surface area contributed by atoms with Crippen LogP contribution in [0.25, 0.3) is 21.9 Å². The molecule has 2 aromatic carbocycles. The van der Waals surface area contributed by atoms with Crippen LogP contribution in [-0.2, 0) is 23.0 Å². The molecule has 4 aromatic rings. The third kappa shape index (κ3) is 4.70. The van der Waals surface area contributed by atoms with Gasteiger partial charge in [0.2, 0.25) is 10.0 Å². The summed E-state index contributed by atoms with van der Waals surface area (Å²) >= 11 is 0. The molecular formula is C32H32N2O4S. The molecule has 2 heterocycles. The number of carbonyl (C=O) groups excluding carboxylic acids is 1. The van der Waals surface area contributed by atoms with E-state index < -0.39 is 20.7 Å². The molecular weight excluding hydrogens is 508 g/mol. The van der Waals surface area contributed by atoms with Gasteiger partial charge in [0.05, 0.1) is 10.3 Å². The Morgan fingerprint density at radius 2 is 1.87 bits per heavy atom. The van der Waals surface area contributed by atoms with Gasteiger partial charge in [0.15, 0.2) is 0 Å². The van der Waals surface area contributed by atoms with Gasteiger partial charge < -0.3 is 9.14 Å². The van der Waals surface area contributed by atoms with Crippen LogP contribution >= 0.6 is 0 Å². The molecule has 7 heteroatoms. The Morgan fingerprint density at radius 3 is 2.67 bits per heavy atom. The van der Waals surface area contributed by atoms with E-state index in [2.05, 4.69) is 22.9 Å². The van der Waals surface area contributed by atoms with Crippen molar-refractivity contribution >= 4 is 37.9 Å². The zero-order valence-corrected chi connectivity index (χ0v) is 23.3. The lowest BCUT2D eigenvalue weighted by Crippen LogP contribution is -2.38. The van der Waals surface area contributed by atoms with E-state index in [9.17, 15) is 13.2 Å². The highest BCUT2D eigenvalue weighted by Gasteiger charge is 2.29. The number of benzene rings is 2. The number of hydrogen-bond donors (Lipinski definition) is 1. The van der Waals surface area contributed by atoms with Crippen molar-refractivity contribution in [2.75, 3.05) is 0 Å². The van der Waals surface area contributed by atoms with Gasteiger partial charge in [-0.1, -0.05) is 29.9 Å². The lowest BCUT2D eigenvalue weighted by molar-refractivity contribution is 0.0737. The van der Waals surface area contributed by atoms with Crippen LogP contribution in [-0.4, -0.2) is 23.5 Å². The van der Waals surface area contributed by atoms with Gasteiger partial charge in [-0.05, 0) is 111 Å². The number of esters is 1.